The van der Waals surface area contributed by atoms with Crippen LogP contribution in [0.1, 0.15) is 12.7 Å². The Morgan fingerprint density at radius 3 is 2.76 bits per heavy atom. The van der Waals surface area contributed by atoms with E-state index in [1.54, 1.807) is 18.1 Å². The largest absolute Gasteiger partial charge is 0.338 e. The molecule has 6 heteroatoms. The van der Waals surface area contributed by atoms with E-state index < -0.39 is 0 Å². The number of halogens is 1. The van der Waals surface area contributed by atoms with E-state index in [1.807, 2.05) is 35.0 Å². The number of hydrogen-bond acceptors (Lipinski definition) is 3. The summed E-state index contributed by atoms with van der Waals surface area (Å²) >= 11 is 7.35. The van der Waals surface area contributed by atoms with Gasteiger partial charge in [0.15, 0.2) is 0 Å². The van der Waals surface area contributed by atoms with Crippen molar-refractivity contribution in [2.24, 2.45) is 0 Å². The highest BCUT2D eigenvalue weighted by molar-refractivity contribution is 8.00. The van der Waals surface area contributed by atoms with Gasteiger partial charge in [0.1, 0.15) is 5.82 Å². The molecule has 0 spiro atoms. The maximum atomic E-state index is 12.2. The number of carbonyl (C=O) groups excluding carboxylic acids is 1. The first-order valence-electron chi connectivity index (χ1n) is 6.72. The van der Waals surface area contributed by atoms with Crippen molar-refractivity contribution >= 4 is 29.3 Å². The van der Waals surface area contributed by atoms with Crippen molar-refractivity contribution < 1.29 is 4.79 Å². The van der Waals surface area contributed by atoms with E-state index in [4.69, 9.17) is 11.6 Å². The second-order valence-electron chi connectivity index (χ2n) is 4.62. The van der Waals surface area contributed by atoms with Gasteiger partial charge in [0.25, 0.3) is 0 Å². The lowest BCUT2D eigenvalue weighted by molar-refractivity contribution is -0.127. The van der Waals surface area contributed by atoms with E-state index >= 15 is 0 Å². The van der Waals surface area contributed by atoms with Crippen LogP contribution in [0.25, 0.3) is 0 Å². The van der Waals surface area contributed by atoms with Gasteiger partial charge in [0.05, 0.1) is 12.3 Å². The number of aryl methyl sites for hydroxylation is 1. The van der Waals surface area contributed by atoms with Crippen molar-refractivity contribution in [1.29, 1.82) is 0 Å². The van der Waals surface area contributed by atoms with E-state index in [2.05, 4.69) is 11.9 Å². The molecule has 1 amide bonds. The topological polar surface area (TPSA) is 38.1 Å². The highest BCUT2D eigenvalue weighted by Gasteiger charge is 2.12. The molecule has 0 aliphatic carbocycles. The van der Waals surface area contributed by atoms with Gasteiger partial charge in [-0.25, -0.2) is 4.98 Å². The predicted molar refractivity (Wildman–Crippen MR) is 86.6 cm³/mol. The summed E-state index contributed by atoms with van der Waals surface area (Å²) < 4.78 is 2.04. The summed E-state index contributed by atoms with van der Waals surface area (Å²) in [5.41, 5.74) is 0. The molecule has 2 rings (SSSR count). The van der Waals surface area contributed by atoms with Crippen LogP contribution in [0.2, 0.25) is 5.02 Å². The third-order valence-electron chi connectivity index (χ3n) is 3.12. The standard InChI is InChI=1S/C15H18ClN3OS/c1-3-19-9-8-17-14(19)10-18(2)15(20)11-21-13-6-4-12(16)5-7-13/h4-9H,3,10-11H2,1-2H3. The lowest BCUT2D eigenvalue weighted by Gasteiger charge is -2.17. The van der Waals surface area contributed by atoms with E-state index in [1.165, 1.54) is 11.8 Å². The van der Waals surface area contributed by atoms with Gasteiger partial charge in [-0.2, -0.15) is 0 Å². The molecule has 0 bridgehead atoms. The third kappa shape index (κ3) is 4.51. The molecule has 1 heterocycles. The first-order chi connectivity index (χ1) is 10.1. The summed E-state index contributed by atoms with van der Waals surface area (Å²) in [5, 5.41) is 0.703. The number of carbonyl (C=O) groups is 1. The van der Waals surface area contributed by atoms with Crippen LogP contribution >= 0.6 is 23.4 Å². The third-order valence-corrected chi connectivity index (χ3v) is 4.37. The second kappa shape index (κ2) is 7.52. The summed E-state index contributed by atoms with van der Waals surface area (Å²) in [7, 11) is 1.80. The maximum absolute atomic E-state index is 12.2. The second-order valence-corrected chi connectivity index (χ2v) is 6.11. The summed E-state index contributed by atoms with van der Waals surface area (Å²) in [4.78, 5) is 19.2. The summed E-state index contributed by atoms with van der Waals surface area (Å²) in [6.45, 7) is 3.45. The first-order valence-corrected chi connectivity index (χ1v) is 8.09. The Hall–Kier alpha value is -1.46. The molecule has 0 saturated carbocycles. The monoisotopic (exact) mass is 323 g/mol. The van der Waals surface area contributed by atoms with Gasteiger partial charge in [-0.1, -0.05) is 11.6 Å². The SMILES string of the molecule is CCn1ccnc1CN(C)C(=O)CSc1ccc(Cl)cc1. The molecule has 1 aromatic heterocycles. The molecule has 0 N–H and O–H groups in total. The fourth-order valence-electron chi connectivity index (χ4n) is 1.87. The highest BCUT2D eigenvalue weighted by Crippen LogP contribution is 2.20. The minimum absolute atomic E-state index is 0.0839. The maximum Gasteiger partial charge on any atom is 0.233 e. The Labute approximate surface area is 134 Å². The van der Waals surface area contributed by atoms with Crippen LogP contribution in [0.5, 0.6) is 0 Å². The number of nitrogens with zero attached hydrogens (tertiary/aromatic N) is 3. The van der Waals surface area contributed by atoms with Crippen LogP contribution in [-0.2, 0) is 17.9 Å². The van der Waals surface area contributed by atoms with Crippen molar-refractivity contribution in [2.75, 3.05) is 12.8 Å². The van der Waals surface area contributed by atoms with Crippen molar-refractivity contribution in [2.45, 2.75) is 24.9 Å². The molecule has 1 aromatic carbocycles. The molecular weight excluding hydrogens is 306 g/mol. The zero-order valence-corrected chi connectivity index (χ0v) is 13.7. The normalized spacial score (nSPS) is 10.6. The van der Waals surface area contributed by atoms with E-state index in [-0.39, 0.29) is 5.91 Å². The summed E-state index contributed by atoms with van der Waals surface area (Å²) in [6.07, 6.45) is 3.69. The average molecular weight is 324 g/mol. The molecule has 0 aliphatic rings. The minimum atomic E-state index is 0.0839. The van der Waals surface area contributed by atoms with Crippen molar-refractivity contribution in [1.82, 2.24) is 14.5 Å². The summed E-state index contributed by atoms with van der Waals surface area (Å²) in [6, 6.07) is 7.50. The Bertz CT molecular complexity index is 597. The molecule has 2 aromatic rings. The zero-order chi connectivity index (χ0) is 15.2. The molecule has 0 saturated heterocycles. The highest BCUT2D eigenvalue weighted by atomic mass is 35.5. The zero-order valence-electron chi connectivity index (χ0n) is 12.1. The summed E-state index contributed by atoms with van der Waals surface area (Å²) in [5.74, 6) is 1.40. The molecular formula is C15H18ClN3OS. The lowest BCUT2D eigenvalue weighted by Crippen LogP contribution is -2.29. The number of benzene rings is 1. The van der Waals surface area contributed by atoms with E-state index in [0.29, 0.717) is 17.3 Å². The molecule has 0 fully saturated rings. The molecule has 21 heavy (non-hydrogen) atoms. The molecule has 4 nitrogen and oxygen atoms in total. The van der Waals surface area contributed by atoms with Gasteiger partial charge in [-0.3, -0.25) is 4.79 Å². The van der Waals surface area contributed by atoms with Crippen molar-refractivity contribution in [3.05, 3.63) is 47.5 Å². The number of thioether (sulfide) groups is 1. The van der Waals surface area contributed by atoms with Crippen LogP contribution in [0.4, 0.5) is 0 Å². The van der Waals surface area contributed by atoms with Crippen LogP contribution in [0.3, 0.4) is 0 Å². The Balaban J connectivity index is 1.86. The average Bonchev–Trinajstić information content (AvgIpc) is 2.93. The van der Waals surface area contributed by atoms with Gasteiger partial charge in [0.2, 0.25) is 5.91 Å². The van der Waals surface area contributed by atoms with Gasteiger partial charge >= 0.3 is 0 Å². The van der Waals surface area contributed by atoms with Gasteiger partial charge in [-0.15, -0.1) is 11.8 Å². The number of rotatable bonds is 6. The van der Waals surface area contributed by atoms with Crippen LogP contribution in [0, 0.1) is 0 Å². The molecule has 0 radical (unpaired) electrons. The molecule has 0 aliphatic heterocycles. The predicted octanol–water partition coefficient (Wildman–Crippen LogP) is 3.31. The van der Waals surface area contributed by atoms with Gasteiger partial charge < -0.3 is 9.47 Å². The van der Waals surface area contributed by atoms with Crippen LogP contribution < -0.4 is 0 Å². The first kappa shape index (κ1) is 15.9. The number of aromatic nitrogens is 2. The quantitative estimate of drug-likeness (QED) is 0.765. The lowest BCUT2D eigenvalue weighted by atomic mass is 10.4. The number of amides is 1. The molecule has 112 valence electrons. The number of hydrogen-bond donors (Lipinski definition) is 0. The smallest absolute Gasteiger partial charge is 0.233 e. The Kier molecular flexibility index (Phi) is 5.70. The molecule has 0 unspecified atom stereocenters. The minimum Gasteiger partial charge on any atom is -0.338 e. The van der Waals surface area contributed by atoms with Crippen LogP contribution in [0.15, 0.2) is 41.6 Å². The van der Waals surface area contributed by atoms with Gasteiger partial charge in [-0.05, 0) is 31.2 Å². The van der Waals surface area contributed by atoms with Crippen LogP contribution in [-0.4, -0.2) is 33.2 Å². The van der Waals surface area contributed by atoms with Crippen molar-refractivity contribution in [3.63, 3.8) is 0 Å². The van der Waals surface area contributed by atoms with E-state index in [0.717, 1.165) is 17.3 Å². The van der Waals surface area contributed by atoms with Crippen molar-refractivity contribution in [3.8, 4) is 0 Å². The molecule has 0 atom stereocenters. The van der Waals surface area contributed by atoms with Gasteiger partial charge in [0, 0.05) is 35.9 Å². The number of imidazole rings is 1. The van der Waals surface area contributed by atoms with E-state index in [9.17, 15) is 4.79 Å². The fraction of sp³-hybridized carbons (Fsp3) is 0.333. The Morgan fingerprint density at radius 1 is 1.38 bits per heavy atom. The Morgan fingerprint density at radius 2 is 2.10 bits per heavy atom. The fourth-order valence-corrected chi connectivity index (χ4v) is 2.83.